The number of guanidine groups is 1. The molecule has 0 heterocycles. The van der Waals surface area contributed by atoms with Crippen molar-refractivity contribution in [2.45, 2.75) is 32.7 Å². The van der Waals surface area contributed by atoms with Gasteiger partial charge in [-0.3, -0.25) is 4.99 Å². The van der Waals surface area contributed by atoms with Gasteiger partial charge in [-0.2, -0.15) is 0 Å². The molecule has 8 heteroatoms. The fourth-order valence-corrected chi connectivity index (χ4v) is 3.16. The van der Waals surface area contributed by atoms with Gasteiger partial charge >= 0.3 is 0 Å². The number of rotatable bonds is 10. The van der Waals surface area contributed by atoms with Gasteiger partial charge in [-0.15, -0.1) is 0 Å². The molecule has 1 atom stereocenters. The predicted octanol–water partition coefficient (Wildman–Crippen LogP) is 1.62. The number of hydrogen-bond acceptors (Lipinski definition) is 5. The van der Waals surface area contributed by atoms with Crippen LogP contribution in [-0.4, -0.2) is 59.7 Å². The average Bonchev–Trinajstić information content (AvgIpc) is 2.59. The van der Waals surface area contributed by atoms with E-state index in [9.17, 15) is 8.42 Å². The van der Waals surface area contributed by atoms with Crippen LogP contribution in [0.3, 0.4) is 0 Å². The van der Waals surface area contributed by atoms with E-state index in [2.05, 4.69) is 15.6 Å². The van der Waals surface area contributed by atoms with E-state index in [4.69, 9.17) is 9.47 Å². The van der Waals surface area contributed by atoms with E-state index >= 15 is 0 Å². The number of hydrogen-bond donors (Lipinski definition) is 2. The van der Waals surface area contributed by atoms with Gasteiger partial charge in [0.15, 0.2) is 5.96 Å². The summed E-state index contributed by atoms with van der Waals surface area (Å²) < 4.78 is 33.2. The maximum atomic E-state index is 11.3. The average molecular weight is 386 g/mol. The first kappa shape index (κ1) is 22.1. The van der Waals surface area contributed by atoms with Gasteiger partial charge in [0.25, 0.3) is 0 Å². The molecule has 0 aliphatic carbocycles. The van der Waals surface area contributed by atoms with E-state index in [1.165, 1.54) is 6.26 Å². The minimum absolute atomic E-state index is 0.00822. The maximum absolute atomic E-state index is 11.3. The van der Waals surface area contributed by atoms with Crippen LogP contribution in [0.2, 0.25) is 0 Å². The van der Waals surface area contributed by atoms with Gasteiger partial charge in [-0.05, 0) is 50.5 Å². The number of aliphatic imine (C=N–C) groups is 1. The summed E-state index contributed by atoms with van der Waals surface area (Å²) >= 11 is 0. The van der Waals surface area contributed by atoms with E-state index in [1.54, 1.807) is 14.2 Å². The van der Waals surface area contributed by atoms with Gasteiger partial charge in [-0.1, -0.05) is 0 Å². The van der Waals surface area contributed by atoms with Gasteiger partial charge in [0.2, 0.25) is 0 Å². The predicted molar refractivity (Wildman–Crippen MR) is 106 cm³/mol. The molecule has 0 aliphatic heterocycles. The Bertz CT molecular complexity index is 690. The summed E-state index contributed by atoms with van der Waals surface area (Å²) in [5.41, 5.74) is 1.02. The quantitative estimate of drug-likeness (QED) is 0.470. The van der Waals surface area contributed by atoms with Crippen LogP contribution in [0.15, 0.2) is 23.2 Å². The summed E-state index contributed by atoms with van der Waals surface area (Å²) in [7, 11) is 0.316. The summed E-state index contributed by atoms with van der Waals surface area (Å²) in [6.45, 7) is 5.23. The van der Waals surface area contributed by atoms with Crippen LogP contribution in [0, 0.1) is 0 Å². The van der Waals surface area contributed by atoms with Gasteiger partial charge in [0.1, 0.15) is 21.3 Å². The van der Waals surface area contributed by atoms with E-state index < -0.39 is 9.84 Å². The lowest BCUT2D eigenvalue weighted by atomic mass is 10.1. The summed E-state index contributed by atoms with van der Waals surface area (Å²) in [5, 5.41) is 6.43. The highest BCUT2D eigenvalue weighted by atomic mass is 32.2. The van der Waals surface area contributed by atoms with E-state index in [-0.39, 0.29) is 11.8 Å². The molecule has 7 nitrogen and oxygen atoms in total. The number of ether oxygens (including phenoxy) is 2. The molecule has 0 fully saturated rings. The molecule has 1 aromatic carbocycles. The Hall–Kier alpha value is -1.96. The number of methoxy groups -OCH3 is 2. The first-order valence-corrected chi connectivity index (χ1v) is 10.8. The monoisotopic (exact) mass is 385 g/mol. The van der Waals surface area contributed by atoms with Gasteiger partial charge in [0.05, 0.1) is 20.0 Å². The van der Waals surface area contributed by atoms with Gasteiger partial charge in [0, 0.05) is 25.4 Å². The van der Waals surface area contributed by atoms with Crippen molar-refractivity contribution >= 4 is 15.8 Å². The van der Waals surface area contributed by atoms with Crippen LogP contribution < -0.4 is 20.1 Å². The Kier molecular flexibility index (Phi) is 9.26. The zero-order chi connectivity index (χ0) is 19.6. The number of nitrogens with one attached hydrogen (secondary N) is 2. The Balaban J connectivity index is 2.69. The Morgan fingerprint density at radius 2 is 2.00 bits per heavy atom. The standard InChI is InChI=1S/C18H31N3O4S/c1-6-19-18(21-14(2)10-12-26(5,22)23)20-11-9-15-13-16(24-3)7-8-17(15)25-4/h7-8,13-14H,6,9-12H2,1-5H3,(H2,19,20,21). The molecular formula is C18H31N3O4S. The molecule has 26 heavy (non-hydrogen) atoms. The largest absolute Gasteiger partial charge is 0.497 e. The fraction of sp³-hybridized carbons (Fsp3) is 0.611. The minimum atomic E-state index is -2.96. The highest BCUT2D eigenvalue weighted by Crippen LogP contribution is 2.24. The molecule has 1 aromatic rings. The normalized spacial score (nSPS) is 13.2. The van der Waals surface area contributed by atoms with E-state index in [0.29, 0.717) is 25.3 Å². The zero-order valence-corrected chi connectivity index (χ0v) is 17.1. The third kappa shape index (κ3) is 8.42. The van der Waals surface area contributed by atoms with Crippen LogP contribution in [0.5, 0.6) is 11.5 Å². The molecule has 0 saturated carbocycles. The second-order valence-corrected chi connectivity index (χ2v) is 8.41. The molecule has 0 aliphatic rings. The SMILES string of the molecule is CCNC(=NCCc1cc(OC)ccc1OC)NC(C)CCS(C)(=O)=O. The molecule has 148 valence electrons. The summed E-state index contributed by atoms with van der Waals surface area (Å²) in [4.78, 5) is 4.57. The molecule has 1 unspecified atom stereocenters. The Morgan fingerprint density at radius 3 is 2.58 bits per heavy atom. The molecule has 0 aromatic heterocycles. The summed E-state index contributed by atoms with van der Waals surface area (Å²) in [6, 6.07) is 5.70. The van der Waals surface area contributed by atoms with Crippen molar-refractivity contribution in [3.8, 4) is 11.5 Å². The second kappa shape index (κ2) is 10.9. The van der Waals surface area contributed by atoms with Crippen LogP contribution in [0.25, 0.3) is 0 Å². The van der Waals surface area contributed by atoms with Crippen molar-refractivity contribution in [2.75, 3.05) is 39.3 Å². The van der Waals surface area contributed by atoms with E-state index in [1.807, 2.05) is 32.0 Å². The lowest BCUT2D eigenvalue weighted by Gasteiger charge is -2.17. The van der Waals surface area contributed by atoms with Crippen LogP contribution in [-0.2, 0) is 16.3 Å². The lowest BCUT2D eigenvalue weighted by molar-refractivity contribution is 0.399. The first-order valence-electron chi connectivity index (χ1n) is 8.72. The van der Waals surface area contributed by atoms with Crippen molar-refractivity contribution in [2.24, 2.45) is 4.99 Å². The fourth-order valence-electron chi connectivity index (χ4n) is 2.38. The number of sulfone groups is 1. The summed E-state index contributed by atoms with van der Waals surface area (Å²) in [5.74, 6) is 2.42. The van der Waals surface area contributed by atoms with Crippen LogP contribution in [0.4, 0.5) is 0 Å². The van der Waals surface area contributed by atoms with Crippen molar-refractivity contribution in [3.63, 3.8) is 0 Å². The van der Waals surface area contributed by atoms with E-state index in [0.717, 1.165) is 23.6 Å². The third-order valence-electron chi connectivity index (χ3n) is 3.79. The first-order chi connectivity index (χ1) is 12.3. The molecule has 0 amide bonds. The Labute approximate surface area is 157 Å². The van der Waals surface area contributed by atoms with Crippen molar-refractivity contribution in [1.29, 1.82) is 0 Å². The van der Waals surface area contributed by atoms with Gasteiger partial charge in [-0.25, -0.2) is 8.42 Å². The molecule has 0 spiro atoms. The highest BCUT2D eigenvalue weighted by molar-refractivity contribution is 7.90. The molecule has 2 N–H and O–H groups in total. The highest BCUT2D eigenvalue weighted by Gasteiger charge is 2.10. The van der Waals surface area contributed by atoms with Crippen LogP contribution in [0.1, 0.15) is 25.8 Å². The number of nitrogens with zero attached hydrogens (tertiary/aromatic N) is 1. The topological polar surface area (TPSA) is 89.0 Å². The number of benzene rings is 1. The van der Waals surface area contributed by atoms with Gasteiger partial charge < -0.3 is 20.1 Å². The minimum Gasteiger partial charge on any atom is -0.497 e. The molecule has 1 rings (SSSR count). The zero-order valence-electron chi connectivity index (χ0n) is 16.3. The molecule has 0 bridgehead atoms. The molecular weight excluding hydrogens is 354 g/mol. The Morgan fingerprint density at radius 1 is 1.27 bits per heavy atom. The molecule has 0 saturated heterocycles. The van der Waals surface area contributed by atoms with Crippen LogP contribution >= 0.6 is 0 Å². The second-order valence-electron chi connectivity index (χ2n) is 6.15. The molecule has 0 radical (unpaired) electrons. The van der Waals surface area contributed by atoms with Crippen molar-refractivity contribution in [3.05, 3.63) is 23.8 Å². The maximum Gasteiger partial charge on any atom is 0.191 e. The van der Waals surface area contributed by atoms with Crippen molar-refractivity contribution in [1.82, 2.24) is 10.6 Å². The lowest BCUT2D eigenvalue weighted by Crippen LogP contribution is -2.43. The van der Waals surface area contributed by atoms with Crippen molar-refractivity contribution < 1.29 is 17.9 Å². The third-order valence-corrected chi connectivity index (χ3v) is 4.76. The smallest absolute Gasteiger partial charge is 0.191 e. The summed E-state index contributed by atoms with van der Waals surface area (Å²) in [6.07, 6.45) is 2.49.